The van der Waals surface area contributed by atoms with Gasteiger partial charge in [-0.15, -0.1) is 0 Å². The highest BCUT2D eigenvalue weighted by Crippen LogP contribution is 1.96. The van der Waals surface area contributed by atoms with E-state index in [1.807, 2.05) is 0 Å². The molecule has 0 aliphatic rings. The van der Waals surface area contributed by atoms with Gasteiger partial charge in [0.1, 0.15) is 0 Å². The zero-order valence-corrected chi connectivity index (χ0v) is 7.14. The predicted octanol–water partition coefficient (Wildman–Crippen LogP) is 0.650. The van der Waals surface area contributed by atoms with Gasteiger partial charge >= 0.3 is 5.97 Å². The molecule has 1 unspecified atom stereocenters. The van der Waals surface area contributed by atoms with Crippen LogP contribution in [0.3, 0.4) is 0 Å². The Labute approximate surface area is 70.1 Å². The maximum atomic E-state index is 11.6. The van der Waals surface area contributed by atoms with Gasteiger partial charge in [-0.1, -0.05) is 6.92 Å². The lowest BCUT2D eigenvalue weighted by Crippen LogP contribution is -2.30. The van der Waals surface area contributed by atoms with Crippen molar-refractivity contribution in [3.8, 4) is 0 Å². The van der Waals surface area contributed by atoms with Crippen LogP contribution >= 0.6 is 0 Å². The van der Waals surface area contributed by atoms with Crippen molar-refractivity contribution in [2.45, 2.75) is 13.3 Å². The lowest BCUT2D eigenvalue weighted by atomic mass is 10.2. The molecule has 0 rings (SSSR count). The van der Waals surface area contributed by atoms with E-state index in [4.69, 9.17) is 0 Å². The molecule has 0 aliphatic heterocycles. The Balaban J connectivity index is 3.43. The van der Waals surface area contributed by atoms with E-state index in [0.717, 1.165) is 0 Å². The average Bonchev–Trinajstić information content (AvgIpc) is 2.02. The number of hydrogen-bond acceptors (Lipinski definition) is 3. The van der Waals surface area contributed by atoms with Crippen LogP contribution in [0.25, 0.3) is 0 Å². The van der Waals surface area contributed by atoms with Gasteiger partial charge in [-0.3, -0.25) is 4.79 Å². The summed E-state index contributed by atoms with van der Waals surface area (Å²) < 4.78 is 27.6. The van der Waals surface area contributed by atoms with E-state index >= 15 is 0 Å². The predicted molar refractivity (Wildman–Crippen MR) is 40.1 cm³/mol. The van der Waals surface area contributed by atoms with Crippen LogP contribution in [0.2, 0.25) is 0 Å². The quantitative estimate of drug-likeness (QED) is 0.633. The van der Waals surface area contributed by atoms with Crippen molar-refractivity contribution in [1.29, 1.82) is 0 Å². The number of nitrogens with one attached hydrogen (secondary N) is 1. The molecule has 3 nitrogen and oxygen atoms in total. The summed E-state index contributed by atoms with van der Waals surface area (Å²) in [6.07, 6.45) is -2.38. The number of halogens is 2. The topological polar surface area (TPSA) is 38.3 Å². The molecule has 0 saturated carbocycles. The first-order valence-electron chi connectivity index (χ1n) is 3.64. The van der Waals surface area contributed by atoms with Crippen LogP contribution in [0.15, 0.2) is 0 Å². The Kier molecular flexibility index (Phi) is 5.53. The van der Waals surface area contributed by atoms with Gasteiger partial charge in [-0.2, -0.15) is 0 Å². The first kappa shape index (κ1) is 11.3. The third-order valence-electron chi connectivity index (χ3n) is 1.35. The summed E-state index contributed by atoms with van der Waals surface area (Å²) in [6, 6.07) is 0. The van der Waals surface area contributed by atoms with E-state index in [1.54, 1.807) is 6.92 Å². The van der Waals surface area contributed by atoms with Crippen molar-refractivity contribution in [2.24, 2.45) is 5.92 Å². The molecule has 0 radical (unpaired) electrons. The minimum absolute atomic E-state index is 0.219. The Morgan fingerprint density at radius 1 is 1.50 bits per heavy atom. The van der Waals surface area contributed by atoms with Gasteiger partial charge in [-0.05, 0) is 0 Å². The SMILES string of the molecule is COC(=O)C(C)CNCC(F)F. The minimum atomic E-state index is -2.38. The van der Waals surface area contributed by atoms with Crippen LogP contribution in [0.5, 0.6) is 0 Å². The number of ether oxygens (including phenoxy) is 1. The van der Waals surface area contributed by atoms with Gasteiger partial charge < -0.3 is 10.1 Å². The van der Waals surface area contributed by atoms with Crippen molar-refractivity contribution in [3.63, 3.8) is 0 Å². The lowest BCUT2D eigenvalue weighted by molar-refractivity contribution is -0.144. The average molecular weight is 181 g/mol. The summed E-state index contributed by atoms with van der Waals surface area (Å²) in [5.74, 6) is -0.773. The van der Waals surface area contributed by atoms with E-state index < -0.39 is 12.4 Å². The molecule has 0 spiro atoms. The summed E-state index contributed by atoms with van der Waals surface area (Å²) in [7, 11) is 1.27. The van der Waals surface area contributed by atoms with Crippen molar-refractivity contribution in [2.75, 3.05) is 20.2 Å². The molecule has 0 saturated heterocycles. The van der Waals surface area contributed by atoms with Gasteiger partial charge in [0.25, 0.3) is 6.43 Å². The minimum Gasteiger partial charge on any atom is -0.469 e. The number of methoxy groups -OCH3 is 1. The van der Waals surface area contributed by atoms with Gasteiger partial charge in [-0.25, -0.2) is 8.78 Å². The fourth-order valence-electron chi connectivity index (χ4n) is 0.693. The molecule has 0 aromatic carbocycles. The van der Waals surface area contributed by atoms with Gasteiger partial charge in [0.2, 0.25) is 0 Å². The van der Waals surface area contributed by atoms with Gasteiger partial charge in [0.15, 0.2) is 0 Å². The maximum absolute atomic E-state index is 11.6. The maximum Gasteiger partial charge on any atom is 0.309 e. The first-order chi connectivity index (χ1) is 5.57. The summed E-state index contributed by atoms with van der Waals surface area (Å²) in [6.45, 7) is 1.45. The molecular weight excluding hydrogens is 168 g/mol. The van der Waals surface area contributed by atoms with Crippen molar-refractivity contribution in [1.82, 2.24) is 5.32 Å². The second-order valence-corrected chi connectivity index (χ2v) is 2.47. The van der Waals surface area contributed by atoms with Crippen LogP contribution in [-0.4, -0.2) is 32.6 Å². The Morgan fingerprint density at radius 2 is 2.08 bits per heavy atom. The van der Waals surface area contributed by atoms with Gasteiger partial charge in [0, 0.05) is 6.54 Å². The van der Waals surface area contributed by atoms with Crippen LogP contribution in [0, 0.1) is 5.92 Å². The third kappa shape index (κ3) is 5.01. The van der Waals surface area contributed by atoms with E-state index in [1.165, 1.54) is 7.11 Å². The molecular formula is C7H13F2NO2. The summed E-state index contributed by atoms with van der Waals surface area (Å²) in [4.78, 5) is 10.7. The second-order valence-electron chi connectivity index (χ2n) is 2.47. The van der Waals surface area contributed by atoms with Gasteiger partial charge in [0.05, 0.1) is 19.6 Å². The van der Waals surface area contributed by atoms with E-state index in [0.29, 0.717) is 0 Å². The molecule has 0 amide bonds. The summed E-state index contributed by atoms with van der Waals surface area (Å²) >= 11 is 0. The van der Waals surface area contributed by atoms with E-state index in [2.05, 4.69) is 10.1 Å². The van der Waals surface area contributed by atoms with Crippen molar-refractivity contribution in [3.05, 3.63) is 0 Å². The molecule has 12 heavy (non-hydrogen) atoms. The Hall–Kier alpha value is -0.710. The highest BCUT2D eigenvalue weighted by atomic mass is 19.3. The highest BCUT2D eigenvalue weighted by molar-refractivity contribution is 5.71. The molecule has 0 aromatic rings. The van der Waals surface area contributed by atoms with Crippen LogP contribution in [0.4, 0.5) is 8.78 Å². The van der Waals surface area contributed by atoms with Crippen molar-refractivity contribution < 1.29 is 18.3 Å². The Morgan fingerprint density at radius 3 is 2.50 bits per heavy atom. The molecule has 72 valence electrons. The van der Waals surface area contributed by atoms with E-state index in [9.17, 15) is 13.6 Å². The Bertz CT molecular complexity index is 141. The van der Waals surface area contributed by atoms with E-state index in [-0.39, 0.29) is 19.0 Å². The summed E-state index contributed by atoms with van der Waals surface area (Å²) in [5, 5.41) is 2.45. The highest BCUT2D eigenvalue weighted by Gasteiger charge is 2.12. The third-order valence-corrected chi connectivity index (χ3v) is 1.35. The fraction of sp³-hybridized carbons (Fsp3) is 0.857. The molecule has 0 bridgehead atoms. The lowest BCUT2D eigenvalue weighted by Gasteiger charge is -2.09. The molecule has 5 heteroatoms. The first-order valence-corrected chi connectivity index (χ1v) is 3.64. The number of rotatable bonds is 5. The van der Waals surface area contributed by atoms with Crippen molar-refractivity contribution >= 4 is 5.97 Å². The standard InChI is InChI=1S/C7H13F2NO2/c1-5(7(11)12-2)3-10-4-6(8)9/h5-6,10H,3-4H2,1-2H3. The molecule has 0 heterocycles. The zero-order chi connectivity index (χ0) is 9.56. The number of carbonyl (C=O) groups is 1. The van der Waals surface area contributed by atoms with Crippen LogP contribution < -0.4 is 5.32 Å². The zero-order valence-electron chi connectivity index (χ0n) is 7.14. The van der Waals surface area contributed by atoms with Crippen LogP contribution in [-0.2, 0) is 9.53 Å². The van der Waals surface area contributed by atoms with Crippen LogP contribution in [0.1, 0.15) is 6.92 Å². The molecule has 1 N–H and O–H groups in total. The molecule has 1 atom stereocenters. The smallest absolute Gasteiger partial charge is 0.309 e. The number of esters is 1. The number of alkyl halides is 2. The second kappa shape index (κ2) is 5.88. The molecule has 0 fully saturated rings. The molecule has 0 aliphatic carbocycles. The monoisotopic (exact) mass is 181 g/mol. The normalized spacial score (nSPS) is 13.1. The summed E-state index contributed by atoms with van der Waals surface area (Å²) in [5.41, 5.74) is 0. The molecule has 0 aromatic heterocycles. The number of carbonyl (C=O) groups excluding carboxylic acids is 1. The fourth-order valence-corrected chi connectivity index (χ4v) is 0.693. The number of hydrogen-bond donors (Lipinski definition) is 1. The largest absolute Gasteiger partial charge is 0.469 e.